The maximum absolute atomic E-state index is 10.9. The van der Waals surface area contributed by atoms with Crippen molar-refractivity contribution in [1.82, 2.24) is 0 Å². The molecule has 0 saturated heterocycles. The van der Waals surface area contributed by atoms with Crippen molar-refractivity contribution in [1.29, 1.82) is 0 Å². The number of benzene rings is 2. The fourth-order valence-corrected chi connectivity index (χ4v) is 3.97. The highest BCUT2D eigenvalue weighted by atomic mass is 16.3. The van der Waals surface area contributed by atoms with Crippen molar-refractivity contribution in [2.24, 2.45) is 0 Å². The fraction of sp³-hybridized carbons (Fsp3) is 0.500. The summed E-state index contributed by atoms with van der Waals surface area (Å²) in [5.74, 6) is 0.527. The molecule has 0 bridgehead atoms. The Morgan fingerprint density at radius 1 is 0.577 bits per heavy atom. The fourth-order valence-electron chi connectivity index (χ4n) is 3.97. The smallest absolute Gasteiger partial charge is 0.126 e. The van der Waals surface area contributed by atoms with E-state index in [0.717, 1.165) is 33.4 Å². The molecular weight excluding hydrogens is 320 g/mol. The van der Waals surface area contributed by atoms with Crippen LogP contribution < -0.4 is 0 Å². The second-order valence-electron chi connectivity index (χ2n) is 9.68. The van der Waals surface area contributed by atoms with Crippen LogP contribution in [0.3, 0.4) is 0 Å². The first-order chi connectivity index (χ1) is 11.7. The van der Waals surface area contributed by atoms with E-state index in [1.165, 1.54) is 11.1 Å². The van der Waals surface area contributed by atoms with Crippen LogP contribution in [0.5, 0.6) is 11.5 Å². The average Bonchev–Trinajstić information content (AvgIpc) is 2.47. The number of hydrogen-bond donors (Lipinski definition) is 2. The lowest BCUT2D eigenvalue weighted by molar-refractivity contribution is 0.462. The molecule has 2 heteroatoms. The molecule has 0 unspecified atom stereocenters. The maximum Gasteiger partial charge on any atom is 0.126 e. The Kier molecular flexibility index (Phi) is 4.96. The maximum atomic E-state index is 10.9. The van der Waals surface area contributed by atoms with E-state index >= 15 is 0 Å². The zero-order chi connectivity index (χ0) is 20.2. The molecule has 2 N–H and O–H groups in total. The quantitative estimate of drug-likeness (QED) is 0.606. The molecule has 0 saturated carbocycles. The van der Waals surface area contributed by atoms with Crippen molar-refractivity contribution in [3.05, 3.63) is 45.5 Å². The molecule has 2 nitrogen and oxygen atoms in total. The lowest BCUT2D eigenvalue weighted by atomic mass is 9.76. The van der Waals surface area contributed by atoms with Crippen molar-refractivity contribution >= 4 is 0 Å². The first-order valence-electron chi connectivity index (χ1n) is 9.35. The first kappa shape index (κ1) is 20.4. The van der Waals surface area contributed by atoms with Crippen molar-refractivity contribution < 1.29 is 10.2 Å². The second kappa shape index (κ2) is 6.33. The number of phenols is 2. The van der Waals surface area contributed by atoms with Crippen LogP contribution >= 0.6 is 0 Å². The Bertz CT molecular complexity index is 786. The number of rotatable bonds is 1. The summed E-state index contributed by atoms with van der Waals surface area (Å²) in [7, 11) is 0. The molecule has 26 heavy (non-hydrogen) atoms. The van der Waals surface area contributed by atoms with Crippen LogP contribution in [0.25, 0.3) is 11.1 Å². The van der Waals surface area contributed by atoms with E-state index in [1.54, 1.807) is 0 Å². The molecule has 0 fully saturated rings. The zero-order valence-corrected chi connectivity index (χ0v) is 18.0. The Balaban J connectivity index is 3.03. The molecule has 0 heterocycles. The first-order valence-corrected chi connectivity index (χ1v) is 9.35. The summed E-state index contributed by atoms with van der Waals surface area (Å²) in [4.78, 5) is 0. The molecule has 0 aliphatic heterocycles. The molecule has 2 aromatic carbocycles. The van der Waals surface area contributed by atoms with Gasteiger partial charge in [0.1, 0.15) is 11.5 Å². The van der Waals surface area contributed by atoms with Gasteiger partial charge in [0.15, 0.2) is 0 Å². The summed E-state index contributed by atoms with van der Waals surface area (Å²) in [5.41, 5.74) is 7.57. The van der Waals surface area contributed by atoms with E-state index in [1.807, 2.05) is 27.7 Å². The van der Waals surface area contributed by atoms with Crippen LogP contribution in [0.1, 0.15) is 74.9 Å². The second-order valence-corrected chi connectivity index (χ2v) is 9.68. The van der Waals surface area contributed by atoms with E-state index in [2.05, 4.69) is 53.7 Å². The normalized spacial score (nSPS) is 12.5. The van der Waals surface area contributed by atoms with Crippen LogP contribution in [0.15, 0.2) is 12.1 Å². The van der Waals surface area contributed by atoms with Crippen LogP contribution in [0, 0.1) is 27.7 Å². The molecule has 0 spiro atoms. The molecule has 0 amide bonds. The summed E-state index contributed by atoms with van der Waals surface area (Å²) in [6, 6.07) is 4.14. The summed E-state index contributed by atoms with van der Waals surface area (Å²) in [6.07, 6.45) is 0. The van der Waals surface area contributed by atoms with Crippen LogP contribution in [0.2, 0.25) is 0 Å². The van der Waals surface area contributed by atoms with Crippen LogP contribution in [-0.4, -0.2) is 10.2 Å². The lowest BCUT2D eigenvalue weighted by Crippen LogP contribution is -2.16. The predicted octanol–water partition coefficient (Wildman–Crippen LogP) is 6.59. The molecule has 2 aromatic rings. The van der Waals surface area contributed by atoms with Crippen molar-refractivity contribution in [3.8, 4) is 22.6 Å². The largest absolute Gasteiger partial charge is 0.507 e. The van der Waals surface area contributed by atoms with E-state index in [0.29, 0.717) is 0 Å². The lowest BCUT2D eigenvalue weighted by Gasteiger charge is -2.29. The van der Waals surface area contributed by atoms with Gasteiger partial charge in [-0.1, -0.05) is 53.7 Å². The van der Waals surface area contributed by atoms with Gasteiger partial charge in [-0.05, 0) is 71.9 Å². The summed E-state index contributed by atoms with van der Waals surface area (Å²) >= 11 is 0. The topological polar surface area (TPSA) is 40.5 Å². The van der Waals surface area contributed by atoms with Gasteiger partial charge in [-0.2, -0.15) is 0 Å². The molecule has 0 aliphatic carbocycles. The Labute approximate surface area is 158 Å². The summed E-state index contributed by atoms with van der Waals surface area (Å²) in [6.45, 7) is 21.0. The minimum atomic E-state index is -0.0441. The SMILES string of the molecule is Cc1cc(C(C)(C)C)c(C)c(-c2c(C)c(C(C)(C)C)cc(C)c2O)c1O. The van der Waals surface area contributed by atoms with Gasteiger partial charge in [0, 0.05) is 11.1 Å². The van der Waals surface area contributed by atoms with E-state index in [-0.39, 0.29) is 22.3 Å². The Morgan fingerprint density at radius 2 is 0.846 bits per heavy atom. The molecule has 2 rings (SSSR count). The molecule has 0 aromatic heterocycles. The minimum absolute atomic E-state index is 0.0441. The van der Waals surface area contributed by atoms with Crippen molar-refractivity contribution in [2.75, 3.05) is 0 Å². The third kappa shape index (κ3) is 3.34. The minimum Gasteiger partial charge on any atom is -0.507 e. The Morgan fingerprint density at radius 3 is 1.08 bits per heavy atom. The third-order valence-corrected chi connectivity index (χ3v) is 5.37. The van der Waals surface area contributed by atoms with Gasteiger partial charge in [-0.3, -0.25) is 0 Å². The highest BCUT2D eigenvalue weighted by Crippen LogP contribution is 2.48. The van der Waals surface area contributed by atoms with Gasteiger partial charge < -0.3 is 10.2 Å². The summed E-state index contributed by atoms with van der Waals surface area (Å²) in [5, 5.41) is 21.9. The highest BCUT2D eigenvalue weighted by Gasteiger charge is 2.28. The van der Waals surface area contributed by atoms with E-state index < -0.39 is 0 Å². The molecule has 0 aliphatic rings. The molecule has 0 atom stereocenters. The highest BCUT2D eigenvalue weighted by molar-refractivity contribution is 5.85. The number of aromatic hydroxyl groups is 2. The van der Waals surface area contributed by atoms with Gasteiger partial charge in [0.2, 0.25) is 0 Å². The van der Waals surface area contributed by atoms with Gasteiger partial charge in [-0.25, -0.2) is 0 Å². The number of phenolic OH excluding ortho intramolecular Hbond substituents is 2. The number of aryl methyl sites for hydroxylation is 2. The van der Waals surface area contributed by atoms with E-state index in [9.17, 15) is 10.2 Å². The summed E-state index contributed by atoms with van der Waals surface area (Å²) < 4.78 is 0. The van der Waals surface area contributed by atoms with Gasteiger partial charge in [-0.15, -0.1) is 0 Å². The van der Waals surface area contributed by atoms with Crippen LogP contribution in [-0.2, 0) is 10.8 Å². The van der Waals surface area contributed by atoms with Crippen molar-refractivity contribution in [2.45, 2.75) is 80.1 Å². The zero-order valence-electron chi connectivity index (χ0n) is 18.0. The standard InChI is InChI=1S/C24H34O2/c1-13-11-17(23(5,6)7)15(3)19(21(13)25)20-16(4)18(24(8,9)10)12-14(2)22(20)26/h11-12,25-26H,1-10H3. The van der Waals surface area contributed by atoms with Crippen molar-refractivity contribution in [3.63, 3.8) is 0 Å². The Hall–Kier alpha value is -1.96. The molecule has 142 valence electrons. The molecular formula is C24H34O2. The third-order valence-electron chi connectivity index (χ3n) is 5.37. The van der Waals surface area contributed by atoms with Gasteiger partial charge in [0.25, 0.3) is 0 Å². The van der Waals surface area contributed by atoms with Gasteiger partial charge in [0.05, 0.1) is 0 Å². The van der Waals surface area contributed by atoms with Crippen LogP contribution in [0.4, 0.5) is 0 Å². The van der Waals surface area contributed by atoms with Gasteiger partial charge >= 0.3 is 0 Å². The van der Waals surface area contributed by atoms with E-state index in [4.69, 9.17) is 0 Å². The average molecular weight is 355 g/mol. The number of hydrogen-bond acceptors (Lipinski definition) is 2. The molecule has 0 radical (unpaired) electrons. The predicted molar refractivity (Wildman–Crippen MR) is 112 cm³/mol. The monoisotopic (exact) mass is 354 g/mol.